The smallest absolute Gasteiger partial charge is 0.150 e. The number of carbonyl (C=O) groups excluding carboxylic acids is 1. The van der Waals surface area contributed by atoms with Crippen molar-refractivity contribution in [3.8, 4) is 0 Å². The highest BCUT2D eigenvalue weighted by atomic mass is 16.1. The maximum Gasteiger partial charge on any atom is 0.150 e. The van der Waals surface area contributed by atoms with Gasteiger partial charge in [0.15, 0.2) is 0 Å². The third kappa shape index (κ3) is 0.653. The average Bonchev–Trinajstić information content (AvgIpc) is 2.64. The van der Waals surface area contributed by atoms with Crippen LogP contribution in [0.3, 0.4) is 0 Å². The third-order valence-electron chi connectivity index (χ3n) is 1.62. The molecule has 0 unspecified atom stereocenters. The molecule has 0 saturated carbocycles. The summed E-state index contributed by atoms with van der Waals surface area (Å²) in [6.07, 6.45) is 1.98. The molecule has 1 nitrogen and oxygen atoms in total. The van der Waals surface area contributed by atoms with Crippen molar-refractivity contribution in [3.05, 3.63) is 34.9 Å². The van der Waals surface area contributed by atoms with E-state index in [-0.39, 0.29) is 0 Å². The molecule has 0 spiro atoms. The van der Waals surface area contributed by atoms with Gasteiger partial charge in [-0.05, 0) is 23.6 Å². The Kier molecular flexibility index (Phi) is 0.758. The maximum atomic E-state index is 10.2. The molecule has 0 bridgehead atoms. The van der Waals surface area contributed by atoms with E-state index in [1.165, 1.54) is 11.1 Å². The van der Waals surface area contributed by atoms with Crippen molar-refractivity contribution < 1.29 is 4.79 Å². The SMILES string of the molecule is O=Cc1ccc2c(c1)C2. The number of aldehydes is 1. The molecule has 9 heavy (non-hydrogen) atoms. The first-order chi connectivity index (χ1) is 4.40. The predicted molar refractivity (Wildman–Crippen MR) is 34.6 cm³/mol. The van der Waals surface area contributed by atoms with Gasteiger partial charge in [-0.25, -0.2) is 0 Å². The summed E-state index contributed by atoms with van der Waals surface area (Å²) in [5.41, 5.74) is 3.52. The summed E-state index contributed by atoms with van der Waals surface area (Å²) in [5, 5.41) is 0. The van der Waals surface area contributed by atoms with Gasteiger partial charge in [-0.1, -0.05) is 12.1 Å². The second-order valence-corrected chi connectivity index (χ2v) is 2.32. The number of hydrogen-bond acceptors (Lipinski definition) is 1. The fourth-order valence-electron chi connectivity index (χ4n) is 0.990. The van der Waals surface area contributed by atoms with Crippen LogP contribution in [-0.2, 0) is 6.42 Å². The minimum atomic E-state index is 0.797. The Balaban J connectivity index is 2.55. The molecule has 1 heteroatoms. The van der Waals surface area contributed by atoms with Crippen LogP contribution in [0.4, 0.5) is 0 Å². The summed E-state index contributed by atoms with van der Waals surface area (Å²) >= 11 is 0. The molecule has 1 aromatic rings. The van der Waals surface area contributed by atoms with E-state index in [9.17, 15) is 4.79 Å². The van der Waals surface area contributed by atoms with Crippen LogP contribution in [0.2, 0.25) is 0 Å². The van der Waals surface area contributed by atoms with E-state index in [1.807, 2.05) is 18.2 Å². The summed E-state index contributed by atoms with van der Waals surface area (Å²) in [4.78, 5) is 10.2. The molecule has 1 aromatic carbocycles. The summed E-state index contributed by atoms with van der Waals surface area (Å²) in [6.45, 7) is 0. The van der Waals surface area contributed by atoms with Gasteiger partial charge < -0.3 is 0 Å². The van der Waals surface area contributed by atoms with E-state index < -0.39 is 0 Å². The fraction of sp³-hybridized carbons (Fsp3) is 0.125. The lowest BCUT2D eigenvalue weighted by molar-refractivity contribution is 0.112. The monoisotopic (exact) mass is 118 g/mol. The van der Waals surface area contributed by atoms with E-state index >= 15 is 0 Å². The molecule has 0 heterocycles. The van der Waals surface area contributed by atoms with Crippen LogP contribution in [0.25, 0.3) is 0 Å². The van der Waals surface area contributed by atoms with Gasteiger partial charge >= 0.3 is 0 Å². The van der Waals surface area contributed by atoms with Gasteiger partial charge in [0.2, 0.25) is 0 Å². The van der Waals surface area contributed by atoms with Gasteiger partial charge in [-0.2, -0.15) is 0 Å². The Hall–Kier alpha value is -1.11. The Morgan fingerprint density at radius 3 is 2.89 bits per heavy atom. The summed E-state index contributed by atoms with van der Waals surface area (Å²) in [7, 11) is 0. The van der Waals surface area contributed by atoms with Crippen molar-refractivity contribution in [2.45, 2.75) is 6.42 Å². The van der Waals surface area contributed by atoms with Crippen molar-refractivity contribution in [2.75, 3.05) is 0 Å². The van der Waals surface area contributed by atoms with E-state index in [4.69, 9.17) is 0 Å². The second kappa shape index (κ2) is 1.44. The molecule has 1 aliphatic rings. The zero-order chi connectivity index (χ0) is 6.27. The van der Waals surface area contributed by atoms with Crippen LogP contribution >= 0.6 is 0 Å². The van der Waals surface area contributed by atoms with Gasteiger partial charge in [0.05, 0.1) is 0 Å². The van der Waals surface area contributed by atoms with Gasteiger partial charge in [0, 0.05) is 5.56 Å². The molecule has 1 aliphatic carbocycles. The third-order valence-corrected chi connectivity index (χ3v) is 1.62. The number of carbonyl (C=O) groups is 1. The lowest BCUT2D eigenvalue weighted by atomic mass is 10.2. The minimum absolute atomic E-state index is 0.797. The molecule has 0 aliphatic heterocycles. The number of rotatable bonds is 1. The molecular formula is C8H6O. The van der Waals surface area contributed by atoms with Gasteiger partial charge in [0.1, 0.15) is 6.29 Å². The van der Waals surface area contributed by atoms with Crippen molar-refractivity contribution in [1.82, 2.24) is 0 Å². The minimum Gasteiger partial charge on any atom is -0.298 e. The highest BCUT2D eigenvalue weighted by molar-refractivity contribution is 5.76. The first-order valence-corrected chi connectivity index (χ1v) is 2.97. The topological polar surface area (TPSA) is 17.1 Å². The lowest BCUT2D eigenvalue weighted by Gasteiger charge is -1.81. The first-order valence-electron chi connectivity index (χ1n) is 2.97. The standard InChI is InChI=1S/C8H6O/c9-5-6-1-2-7-4-8(7)3-6/h1-3,5H,4H2. The normalized spacial score (nSPS) is 12.4. The van der Waals surface area contributed by atoms with Crippen molar-refractivity contribution in [2.24, 2.45) is 0 Å². The largest absolute Gasteiger partial charge is 0.298 e. The average molecular weight is 118 g/mol. The zero-order valence-electron chi connectivity index (χ0n) is 4.92. The summed E-state index contributed by atoms with van der Waals surface area (Å²) in [6, 6.07) is 5.82. The van der Waals surface area contributed by atoms with Gasteiger partial charge in [-0.15, -0.1) is 0 Å². The van der Waals surface area contributed by atoms with Crippen LogP contribution in [0.5, 0.6) is 0 Å². The zero-order valence-corrected chi connectivity index (χ0v) is 4.92. The van der Waals surface area contributed by atoms with Crippen LogP contribution in [0.1, 0.15) is 21.5 Å². The van der Waals surface area contributed by atoms with E-state index in [2.05, 4.69) is 0 Å². The molecule has 0 amide bonds. The molecule has 0 radical (unpaired) electrons. The summed E-state index contributed by atoms with van der Waals surface area (Å²) in [5.74, 6) is 0. The van der Waals surface area contributed by atoms with Crippen LogP contribution < -0.4 is 0 Å². The van der Waals surface area contributed by atoms with Crippen LogP contribution in [-0.4, -0.2) is 6.29 Å². The Morgan fingerprint density at radius 2 is 2.22 bits per heavy atom. The number of fused-ring (bicyclic) bond motifs is 1. The second-order valence-electron chi connectivity index (χ2n) is 2.32. The van der Waals surface area contributed by atoms with E-state index in [0.29, 0.717) is 0 Å². The van der Waals surface area contributed by atoms with Crippen molar-refractivity contribution in [1.29, 1.82) is 0 Å². The number of benzene rings is 1. The molecule has 0 atom stereocenters. The highest BCUT2D eigenvalue weighted by Crippen LogP contribution is 2.27. The molecule has 0 saturated heterocycles. The quantitative estimate of drug-likeness (QED) is 0.517. The van der Waals surface area contributed by atoms with Crippen molar-refractivity contribution in [3.63, 3.8) is 0 Å². The highest BCUT2D eigenvalue weighted by Gasteiger charge is 2.15. The Bertz CT molecular complexity index is 263. The Labute approximate surface area is 53.3 Å². The fourth-order valence-corrected chi connectivity index (χ4v) is 0.990. The lowest BCUT2D eigenvalue weighted by Crippen LogP contribution is -1.73. The van der Waals surface area contributed by atoms with Gasteiger partial charge in [0.25, 0.3) is 0 Å². The molecule has 2 rings (SSSR count). The first kappa shape index (κ1) is 4.74. The Morgan fingerprint density at radius 1 is 1.33 bits per heavy atom. The predicted octanol–water partition coefficient (Wildman–Crippen LogP) is 1.40. The van der Waals surface area contributed by atoms with Crippen molar-refractivity contribution >= 4 is 6.29 Å². The molecule has 44 valence electrons. The maximum absolute atomic E-state index is 10.2. The van der Waals surface area contributed by atoms with Crippen LogP contribution in [0.15, 0.2) is 18.2 Å². The van der Waals surface area contributed by atoms with E-state index in [0.717, 1.165) is 18.3 Å². The molecule has 0 fully saturated rings. The molecule has 0 aromatic heterocycles. The van der Waals surface area contributed by atoms with Gasteiger partial charge in [-0.3, -0.25) is 4.79 Å². The van der Waals surface area contributed by atoms with Crippen LogP contribution in [0, 0.1) is 0 Å². The molecular weight excluding hydrogens is 112 g/mol. The van der Waals surface area contributed by atoms with E-state index in [1.54, 1.807) is 0 Å². The molecule has 0 N–H and O–H groups in total. The number of hydrogen-bond donors (Lipinski definition) is 0. The summed E-state index contributed by atoms with van der Waals surface area (Å²) < 4.78 is 0.